The molecule has 0 bridgehead atoms. The summed E-state index contributed by atoms with van der Waals surface area (Å²) in [6.45, 7) is 2.32. The topological polar surface area (TPSA) is 63.7 Å². The number of likely N-dealkylation sites (tertiary alicyclic amines) is 1. The lowest BCUT2D eigenvalue weighted by atomic mass is 10.1. The van der Waals surface area contributed by atoms with Crippen LogP contribution in [0.2, 0.25) is 0 Å². The molecule has 21 heavy (non-hydrogen) atoms. The van der Waals surface area contributed by atoms with Gasteiger partial charge in [-0.2, -0.15) is 0 Å². The molecule has 0 N–H and O–H groups in total. The second kappa shape index (κ2) is 5.90. The van der Waals surface area contributed by atoms with E-state index in [0.29, 0.717) is 19.5 Å². The van der Waals surface area contributed by atoms with E-state index in [1.807, 2.05) is 0 Å². The van der Waals surface area contributed by atoms with Gasteiger partial charge in [-0.25, -0.2) is 12.8 Å². The monoisotopic (exact) mass is 335 g/mol. The van der Waals surface area contributed by atoms with E-state index in [1.165, 1.54) is 13.0 Å². The second-order valence-electron chi connectivity index (χ2n) is 4.94. The molecule has 5 nitrogen and oxygen atoms in total. The van der Waals surface area contributed by atoms with Crippen LogP contribution in [0, 0.1) is 12.7 Å². The van der Waals surface area contributed by atoms with E-state index in [1.54, 1.807) is 12.0 Å². The first-order valence-electron chi connectivity index (χ1n) is 6.31. The maximum Gasteiger partial charge on any atom is 0.264 e. The van der Waals surface area contributed by atoms with E-state index in [4.69, 9.17) is 15.4 Å². The van der Waals surface area contributed by atoms with Crippen molar-refractivity contribution in [3.05, 3.63) is 29.1 Å². The molecule has 0 aliphatic carbocycles. The minimum Gasteiger partial charge on any atom is -0.380 e. The SMILES string of the molecule is COC1CCN(C(=O)c2cc(C)c(F)c(S(=O)(=O)Cl)c2)C1. The molecule has 2 rings (SSSR count). The van der Waals surface area contributed by atoms with Crippen molar-refractivity contribution in [1.29, 1.82) is 0 Å². The lowest BCUT2D eigenvalue weighted by Gasteiger charge is -2.17. The average molecular weight is 336 g/mol. The summed E-state index contributed by atoms with van der Waals surface area (Å²) in [5.74, 6) is -1.29. The third-order valence-electron chi connectivity index (χ3n) is 3.50. The van der Waals surface area contributed by atoms with Crippen LogP contribution in [-0.2, 0) is 13.8 Å². The van der Waals surface area contributed by atoms with Crippen LogP contribution in [0.15, 0.2) is 17.0 Å². The zero-order valence-electron chi connectivity index (χ0n) is 11.6. The minimum atomic E-state index is -4.25. The molecule has 1 aliphatic rings. The van der Waals surface area contributed by atoms with Gasteiger partial charge in [0.25, 0.3) is 15.0 Å². The van der Waals surface area contributed by atoms with Crippen LogP contribution in [0.5, 0.6) is 0 Å². The van der Waals surface area contributed by atoms with Gasteiger partial charge in [-0.3, -0.25) is 4.79 Å². The van der Waals surface area contributed by atoms with Crippen molar-refractivity contribution in [2.24, 2.45) is 0 Å². The summed E-state index contributed by atoms with van der Waals surface area (Å²) in [4.78, 5) is 13.2. The first-order chi connectivity index (χ1) is 9.74. The Kier molecular flexibility index (Phi) is 4.55. The highest BCUT2D eigenvalue weighted by Gasteiger charge is 2.28. The van der Waals surface area contributed by atoms with Crippen molar-refractivity contribution in [2.75, 3.05) is 20.2 Å². The number of methoxy groups -OCH3 is 1. The Morgan fingerprint density at radius 3 is 2.67 bits per heavy atom. The van der Waals surface area contributed by atoms with Gasteiger partial charge < -0.3 is 9.64 Å². The molecular formula is C13H15ClFNO4S. The number of carbonyl (C=O) groups excluding carboxylic acids is 1. The van der Waals surface area contributed by atoms with Gasteiger partial charge in [0.1, 0.15) is 10.7 Å². The Labute approximate surface area is 127 Å². The predicted molar refractivity (Wildman–Crippen MR) is 75.5 cm³/mol. The molecular weight excluding hydrogens is 321 g/mol. The molecule has 1 fully saturated rings. The van der Waals surface area contributed by atoms with E-state index in [2.05, 4.69) is 0 Å². The molecule has 1 saturated heterocycles. The summed E-state index contributed by atoms with van der Waals surface area (Å²) in [6, 6.07) is 2.30. The van der Waals surface area contributed by atoms with Crippen molar-refractivity contribution < 1.29 is 22.3 Å². The van der Waals surface area contributed by atoms with E-state index < -0.39 is 19.8 Å². The quantitative estimate of drug-likeness (QED) is 0.792. The summed E-state index contributed by atoms with van der Waals surface area (Å²) in [7, 11) is 2.52. The molecule has 1 heterocycles. The van der Waals surface area contributed by atoms with E-state index >= 15 is 0 Å². The summed E-state index contributed by atoms with van der Waals surface area (Å²) in [5, 5.41) is 0. The number of benzene rings is 1. The van der Waals surface area contributed by atoms with Crippen LogP contribution in [0.1, 0.15) is 22.3 Å². The number of hydrogen-bond acceptors (Lipinski definition) is 4. The van der Waals surface area contributed by atoms with Crippen LogP contribution in [-0.4, -0.2) is 45.5 Å². The fraction of sp³-hybridized carbons (Fsp3) is 0.462. The summed E-state index contributed by atoms with van der Waals surface area (Å²) in [6.07, 6.45) is 0.676. The molecule has 116 valence electrons. The summed E-state index contributed by atoms with van der Waals surface area (Å²) < 4.78 is 41.8. The van der Waals surface area contributed by atoms with Gasteiger partial charge >= 0.3 is 0 Å². The maximum absolute atomic E-state index is 13.8. The summed E-state index contributed by atoms with van der Waals surface area (Å²) in [5.41, 5.74) is 0.160. The Morgan fingerprint density at radius 1 is 1.48 bits per heavy atom. The highest BCUT2D eigenvalue weighted by molar-refractivity contribution is 8.13. The Bertz CT molecular complexity index is 677. The number of carbonyl (C=O) groups is 1. The van der Waals surface area contributed by atoms with Crippen molar-refractivity contribution in [1.82, 2.24) is 4.90 Å². The standard InChI is InChI=1S/C13H15ClFNO4S/c1-8-5-9(6-11(12(8)15)21(14,18)19)13(17)16-4-3-10(7-16)20-2/h5-6,10H,3-4,7H2,1-2H3. The van der Waals surface area contributed by atoms with Gasteiger partial charge in [0.15, 0.2) is 0 Å². The first-order valence-corrected chi connectivity index (χ1v) is 8.62. The number of aryl methyl sites for hydroxylation is 1. The van der Waals surface area contributed by atoms with Crippen molar-refractivity contribution in [2.45, 2.75) is 24.3 Å². The van der Waals surface area contributed by atoms with Gasteiger partial charge in [0.05, 0.1) is 6.10 Å². The average Bonchev–Trinajstić information content (AvgIpc) is 2.88. The first kappa shape index (κ1) is 16.2. The highest BCUT2D eigenvalue weighted by Crippen LogP contribution is 2.25. The zero-order valence-corrected chi connectivity index (χ0v) is 13.2. The fourth-order valence-corrected chi connectivity index (χ4v) is 3.31. The number of ether oxygens (including phenoxy) is 1. The lowest BCUT2D eigenvalue weighted by Crippen LogP contribution is -2.30. The Hall–Kier alpha value is -1.18. The van der Waals surface area contributed by atoms with Crippen LogP contribution in [0.25, 0.3) is 0 Å². The molecule has 0 radical (unpaired) electrons. The number of rotatable bonds is 3. The third-order valence-corrected chi connectivity index (χ3v) is 4.82. The summed E-state index contributed by atoms with van der Waals surface area (Å²) >= 11 is 0. The number of hydrogen-bond donors (Lipinski definition) is 0. The van der Waals surface area contributed by atoms with E-state index in [0.717, 1.165) is 6.07 Å². The molecule has 0 aromatic heterocycles. The zero-order chi connectivity index (χ0) is 15.8. The number of halogens is 2. The van der Waals surface area contributed by atoms with Crippen LogP contribution >= 0.6 is 10.7 Å². The van der Waals surface area contributed by atoms with Crippen molar-refractivity contribution >= 4 is 25.6 Å². The molecule has 1 aliphatic heterocycles. The molecule has 1 aromatic rings. The van der Waals surface area contributed by atoms with Gasteiger partial charge in [-0.1, -0.05) is 0 Å². The van der Waals surface area contributed by atoms with Crippen LogP contribution in [0.4, 0.5) is 4.39 Å². The normalized spacial score (nSPS) is 19.0. The van der Waals surface area contributed by atoms with Gasteiger partial charge in [0.2, 0.25) is 0 Å². The second-order valence-corrected chi connectivity index (χ2v) is 7.48. The number of amides is 1. The maximum atomic E-state index is 13.8. The van der Waals surface area contributed by atoms with Crippen LogP contribution in [0.3, 0.4) is 0 Å². The van der Waals surface area contributed by atoms with Gasteiger partial charge in [-0.05, 0) is 31.0 Å². The Morgan fingerprint density at radius 2 is 2.14 bits per heavy atom. The molecule has 0 spiro atoms. The minimum absolute atomic E-state index is 0.0354. The molecule has 1 unspecified atom stereocenters. The lowest BCUT2D eigenvalue weighted by molar-refractivity contribution is 0.0724. The molecule has 0 saturated carbocycles. The predicted octanol–water partition coefficient (Wildman–Crippen LogP) is 1.92. The largest absolute Gasteiger partial charge is 0.380 e. The Balaban J connectivity index is 2.37. The van der Waals surface area contributed by atoms with Crippen molar-refractivity contribution in [3.8, 4) is 0 Å². The van der Waals surface area contributed by atoms with E-state index in [-0.39, 0.29) is 23.1 Å². The number of nitrogens with zero attached hydrogens (tertiary/aromatic N) is 1. The van der Waals surface area contributed by atoms with Crippen molar-refractivity contribution in [3.63, 3.8) is 0 Å². The highest BCUT2D eigenvalue weighted by atomic mass is 35.7. The smallest absolute Gasteiger partial charge is 0.264 e. The molecule has 1 atom stereocenters. The van der Waals surface area contributed by atoms with Crippen LogP contribution < -0.4 is 0 Å². The van der Waals surface area contributed by atoms with Gasteiger partial charge in [0, 0.05) is 36.4 Å². The third kappa shape index (κ3) is 3.36. The molecule has 1 aromatic carbocycles. The van der Waals surface area contributed by atoms with Gasteiger partial charge in [-0.15, -0.1) is 0 Å². The van der Waals surface area contributed by atoms with E-state index in [9.17, 15) is 17.6 Å². The molecule has 8 heteroatoms. The molecule has 1 amide bonds. The fourth-order valence-electron chi connectivity index (χ4n) is 2.33.